The number of esters is 1. The number of rotatable bonds is 19. The molecule has 364 valence electrons. The third-order valence-corrected chi connectivity index (χ3v) is 11.7. The highest BCUT2D eigenvalue weighted by atomic mass is 16.5. The number of aryl methyl sites for hydroxylation is 2. The maximum absolute atomic E-state index is 13.9. The molecule has 0 spiro atoms. The lowest BCUT2D eigenvalue weighted by Gasteiger charge is -2.17. The number of hydrogen-bond acceptors (Lipinski definition) is 11. The average Bonchev–Trinajstić information content (AvgIpc) is 3.75. The molecular formula is C56H58N2O12. The van der Waals surface area contributed by atoms with Gasteiger partial charge < -0.3 is 28.8 Å². The maximum atomic E-state index is 13.9. The van der Waals surface area contributed by atoms with Gasteiger partial charge in [0.25, 0.3) is 23.6 Å². The number of anilines is 2. The van der Waals surface area contributed by atoms with Gasteiger partial charge in [0, 0.05) is 21.5 Å². The molecule has 2 aliphatic heterocycles. The van der Waals surface area contributed by atoms with Crippen LogP contribution in [0.2, 0.25) is 0 Å². The van der Waals surface area contributed by atoms with E-state index in [0.29, 0.717) is 84.1 Å². The monoisotopic (exact) mass is 950 g/mol. The summed E-state index contributed by atoms with van der Waals surface area (Å²) in [7, 11) is 0. The molecule has 0 atom stereocenters. The van der Waals surface area contributed by atoms with Crippen LogP contribution in [0.5, 0.6) is 23.0 Å². The van der Waals surface area contributed by atoms with E-state index >= 15 is 0 Å². The van der Waals surface area contributed by atoms with E-state index in [4.69, 9.17) is 28.8 Å². The Morgan fingerprint density at radius 2 is 0.786 bits per heavy atom. The second-order valence-electron chi connectivity index (χ2n) is 17.0. The van der Waals surface area contributed by atoms with Crippen molar-refractivity contribution in [2.75, 3.05) is 42.8 Å². The molecule has 0 fully saturated rings. The van der Waals surface area contributed by atoms with Crippen LogP contribution in [0.15, 0.2) is 84.9 Å². The molecule has 0 radical (unpaired) electrons. The lowest BCUT2D eigenvalue weighted by molar-refractivity contribution is -0.142. The SMILES string of the molecule is CCCOc1c2c(c(OCCC)c3ccccc13)C(=O)N(c1ccc(CC(=O)O)cc1C)C2=O.CCCOc1c2c(c(OCCC)c3ccccc13)C(=O)N(c1ccc(CC(=O)OCC)cc1C)C2=O. The molecule has 1 N–H and O–H groups in total. The third kappa shape index (κ3) is 9.76. The quantitative estimate of drug-likeness (QED) is 0.0602. The van der Waals surface area contributed by atoms with Crippen molar-refractivity contribution in [2.45, 2.75) is 87.0 Å². The molecule has 0 bridgehead atoms. The van der Waals surface area contributed by atoms with Crippen LogP contribution in [0.3, 0.4) is 0 Å². The summed E-state index contributed by atoms with van der Waals surface area (Å²) in [6.45, 7) is 15.2. The van der Waals surface area contributed by atoms with Crippen LogP contribution in [0.4, 0.5) is 11.4 Å². The van der Waals surface area contributed by atoms with Crippen molar-refractivity contribution in [2.24, 2.45) is 0 Å². The Labute approximate surface area is 407 Å². The van der Waals surface area contributed by atoms with Crippen molar-refractivity contribution in [3.8, 4) is 23.0 Å². The Bertz CT molecular complexity index is 2900. The number of imide groups is 2. The van der Waals surface area contributed by atoms with Crippen molar-refractivity contribution in [3.63, 3.8) is 0 Å². The zero-order chi connectivity index (χ0) is 50.2. The van der Waals surface area contributed by atoms with Gasteiger partial charge in [-0.3, -0.25) is 28.8 Å². The number of nitrogens with zero attached hydrogens (tertiary/aromatic N) is 2. The molecule has 2 heterocycles. The minimum Gasteiger partial charge on any atom is -0.492 e. The number of amides is 4. The molecule has 70 heavy (non-hydrogen) atoms. The first kappa shape index (κ1) is 50.1. The number of ether oxygens (including phenoxy) is 5. The largest absolute Gasteiger partial charge is 0.492 e. The summed E-state index contributed by atoms with van der Waals surface area (Å²) in [5.41, 5.74) is 4.41. The van der Waals surface area contributed by atoms with Crippen LogP contribution < -0.4 is 28.7 Å². The second-order valence-corrected chi connectivity index (χ2v) is 17.0. The lowest BCUT2D eigenvalue weighted by Crippen LogP contribution is -2.30. The minimum atomic E-state index is -0.949. The lowest BCUT2D eigenvalue weighted by atomic mass is 9.99. The Balaban J connectivity index is 0.000000207. The molecular weight excluding hydrogens is 893 g/mol. The Morgan fingerprint density at radius 3 is 1.06 bits per heavy atom. The number of carbonyl (C=O) groups is 6. The van der Waals surface area contributed by atoms with Gasteiger partial charge in [0.05, 0.1) is 79.5 Å². The van der Waals surface area contributed by atoms with Gasteiger partial charge in [-0.2, -0.15) is 0 Å². The Hall–Kier alpha value is -7.74. The van der Waals surface area contributed by atoms with E-state index in [1.165, 1.54) is 4.90 Å². The zero-order valence-corrected chi connectivity index (χ0v) is 40.7. The van der Waals surface area contributed by atoms with Crippen molar-refractivity contribution in [3.05, 3.63) is 129 Å². The van der Waals surface area contributed by atoms with Gasteiger partial charge in [-0.15, -0.1) is 0 Å². The molecule has 8 rings (SSSR count). The molecule has 14 heteroatoms. The van der Waals surface area contributed by atoms with Gasteiger partial charge in [-0.05, 0) is 80.8 Å². The van der Waals surface area contributed by atoms with Gasteiger partial charge in [0.2, 0.25) is 0 Å². The predicted octanol–water partition coefficient (Wildman–Crippen LogP) is 10.8. The Morgan fingerprint density at radius 1 is 0.471 bits per heavy atom. The zero-order valence-electron chi connectivity index (χ0n) is 40.7. The van der Waals surface area contributed by atoms with E-state index < -0.39 is 29.6 Å². The number of carboxylic acids is 1. The van der Waals surface area contributed by atoms with Gasteiger partial charge in [0.1, 0.15) is 23.0 Å². The van der Waals surface area contributed by atoms with Gasteiger partial charge in [0.15, 0.2) is 0 Å². The van der Waals surface area contributed by atoms with Gasteiger partial charge in [-0.25, -0.2) is 9.80 Å². The number of carboxylic acid groups (broad SMARTS) is 1. The topological polar surface area (TPSA) is 175 Å². The predicted molar refractivity (Wildman–Crippen MR) is 267 cm³/mol. The fraction of sp³-hybridized carbons (Fsp3) is 0.321. The van der Waals surface area contributed by atoms with E-state index in [9.17, 15) is 28.8 Å². The summed E-state index contributed by atoms with van der Waals surface area (Å²) in [6, 6.07) is 25.2. The first-order valence-corrected chi connectivity index (χ1v) is 23.8. The van der Waals surface area contributed by atoms with E-state index in [0.717, 1.165) is 57.7 Å². The van der Waals surface area contributed by atoms with Crippen LogP contribution in [-0.4, -0.2) is 73.7 Å². The third-order valence-electron chi connectivity index (χ3n) is 11.7. The fourth-order valence-electron chi connectivity index (χ4n) is 8.76. The number of hydrogen-bond donors (Lipinski definition) is 1. The number of fused-ring (bicyclic) bond motifs is 4. The first-order chi connectivity index (χ1) is 33.8. The number of carbonyl (C=O) groups excluding carboxylic acids is 5. The molecule has 6 aromatic carbocycles. The summed E-state index contributed by atoms with van der Waals surface area (Å²) < 4.78 is 29.3. The molecule has 4 amide bonds. The molecule has 0 saturated carbocycles. The molecule has 0 saturated heterocycles. The highest BCUT2D eigenvalue weighted by molar-refractivity contribution is 6.39. The molecule has 6 aromatic rings. The number of benzene rings is 6. The van der Waals surface area contributed by atoms with Crippen molar-refractivity contribution >= 4 is 68.5 Å². The number of aliphatic carboxylic acids is 1. The highest BCUT2D eigenvalue weighted by Gasteiger charge is 2.45. The van der Waals surface area contributed by atoms with Crippen molar-refractivity contribution in [1.82, 2.24) is 0 Å². The van der Waals surface area contributed by atoms with Crippen LogP contribution in [0.1, 0.15) is 124 Å². The van der Waals surface area contributed by atoms with Gasteiger partial charge in [-0.1, -0.05) is 100 Å². The average molecular weight is 951 g/mol. The van der Waals surface area contributed by atoms with Crippen LogP contribution >= 0.6 is 0 Å². The molecule has 0 aromatic heterocycles. The smallest absolute Gasteiger partial charge is 0.310 e. The maximum Gasteiger partial charge on any atom is 0.310 e. The van der Waals surface area contributed by atoms with Crippen molar-refractivity contribution in [1.29, 1.82) is 0 Å². The van der Waals surface area contributed by atoms with E-state index in [1.54, 1.807) is 50.2 Å². The van der Waals surface area contributed by atoms with Crippen LogP contribution in [-0.2, 0) is 27.2 Å². The second kappa shape index (κ2) is 22.1. The standard InChI is InChI=1S/C29H31NO6.C27H27NO6/c1-5-14-35-26-20-10-8-9-11-21(20)27(36-15-6-2)25-24(26)28(32)30(29(25)33)22-13-12-19(16-18(22)4)17-23(31)34-7-3;1-4-12-33-24-18-8-6-7-9-19(18)25(34-13-5-2)23-22(24)26(31)28(27(23)32)20-11-10-17(14-16(20)3)15-21(29)30/h8-13,16H,5-7,14-15,17H2,1-4H3;6-11,14H,4-5,12-13,15H2,1-3H3,(H,29,30). The van der Waals surface area contributed by atoms with Crippen molar-refractivity contribution < 1.29 is 57.6 Å². The van der Waals surface area contributed by atoms with Gasteiger partial charge >= 0.3 is 11.9 Å². The molecule has 0 aliphatic carbocycles. The highest BCUT2D eigenvalue weighted by Crippen LogP contribution is 2.48. The molecule has 2 aliphatic rings. The van der Waals surface area contributed by atoms with E-state index in [1.807, 2.05) is 83.1 Å². The molecule has 14 nitrogen and oxygen atoms in total. The first-order valence-electron chi connectivity index (χ1n) is 23.8. The fourth-order valence-corrected chi connectivity index (χ4v) is 8.76. The van der Waals surface area contributed by atoms with Crippen LogP contribution in [0.25, 0.3) is 21.5 Å². The normalized spacial score (nSPS) is 12.8. The van der Waals surface area contributed by atoms with E-state index in [-0.39, 0.29) is 41.1 Å². The van der Waals surface area contributed by atoms with Crippen LogP contribution in [0, 0.1) is 13.8 Å². The Kier molecular flexibility index (Phi) is 15.9. The summed E-state index contributed by atoms with van der Waals surface area (Å²) >= 11 is 0. The summed E-state index contributed by atoms with van der Waals surface area (Å²) in [6.07, 6.45) is 2.97. The summed E-state index contributed by atoms with van der Waals surface area (Å²) in [5, 5.41) is 12.0. The minimum absolute atomic E-state index is 0.118. The summed E-state index contributed by atoms with van der Waals surface area (Å²) in [4.78, 5) is 80.5. The molecule has 0 unspecified atom stereocenters. The summed E-state index contributed by atoms with van der Waals surface area (Å²) in [5.74, 6) is -1.55. The van der Waals surface area contributed by atoms with E-state index in [2.05, 4.69) is 0 Å².